The van der Waals surface area contributed by atoms with E-state index in [0.717, 1.165) is 6.26 Å². The molecule has 0 fully saturated rings. The van der Waals surface area contributed by atoms with Gasteiger partial charge < -0.3 is 15.7 Å². The fourth-order valence-corrected chi connectivity index (χ4v) is 1.46. The van der Waals surface area contributed by atoms with Crippen molar-refractivity contribution in [2.45, 2.75) is 31.6 Å². The summed E-state index contributed by atoms with van der Waals surface area (Å²) in [5.41, 5.74) is 0. The highest BCUT2D eigenvalue weighted by atomic mass is 32.2. The molecule has 0 aromatic carbocycles. The molecule has 0 aliphatic heterocycles. The van der Waals surface area contributed by atoms with Crippen molar-refractivity contribution in [1.82, 2.24) is 10.6 Å². The van der Waals surface area contributed by atoms with Gasteiger partial charge in [0.1, 0.15) is 6.04 Å². The summed E-state index contributed by atoms with van der Waals surface area (Å²) in [7, 11) is -3.24. The second-order valence-electron chi connectivity index (χ2n) is 4.75. The first kappa shape index (κ1) is 16.9. The molecular weight excluding hydrogens is 260 g/mol. The van der Waals surface area contributed by atoms with Gasteiger partial charge in [-0.1, -0.05) is 0 Å². The molecule has 1 atom stereocenters. The third-order valence-corrected chi connectivity index (χ3v) is 4.73. The van der Waals surface area contributed by atoms with Gasteiger partial charge in [0.2, 0.25) is 5.91 Å². The van der Waals surface area contributed by atoms with Crippen LogP contribution in [0.3, 0.4) is 0 Å². The lowest BCUT2D eigenvalue weighted by molar-refractivity contribution is -0.141. The van der Waals surface area contributed by atoms with Gasteiger partial charge in [-0.3, -0.25) is 4.79 Å². The second-order valence-corrected chi connectivity index (χ2v) is 7.40. The van der Waals surface area contributed by atoms with Crippen molar-refractivity contribution in [1.29, 1.82) is 0 Å². The number of amides is 1. The summed E-state index contributed by atoms with van der Waals surface area (Å²) >= 11 is 0. The Morgan fingerprint density at radius 3 is 2.17 bits per heavy atom. The molecule has 0 radical (unpaired) electrons. The van der Waals surface area contributed by atoms with Crippen molar-refractivity contribution in [2.75, 3.05) is 19.3 Å². The van der Waals surface area contributed by atoms with Crippen molar-refractivity contribution in [3.05, 3.63) is 0 Å². The summed E-state index contributed by atoms with van der Waals surface area (Å²) in [6.07, 6.45) is 1.12. The van der Waals surface area contributed by atoms with Gasteiger partial charge in [-0.25, -0.2) is 13.2 Å². The van der Waals surface area contributed by atoms with E-state index in [1.54, 1.807) is 13.8 Å². The minimum Gasteiger partial charge on any atom is -0.480 e. The standard InChI is InChI=1S/C10H20N2O5S/c1-7(13)12-8(9(14)15)5-11-6-10(2,3)18(4,16)17/h8,11H,5-6H2,1-4H3,(H,12,13)(H,14,15). The zero-order valence-electron chi connectivity index (χ0n) is 11.0. The van der Waals surface area contributed by atoms with Crippen molar-refractivity contribution in [2.24, 2.45) is 0 Å². The second kappa shape index (κ2) is 6.14. The van der Waals surface area contributed by atoms with Crippen LogP contribution in [0.5, 0.6) is 0 Å². The molecule has 1 unspecified atom stereocenters. The Labute approximate surface area is 107 Å². The smallest absolute Gasteiger partial charge is 0.327 e. The molecule has 0 spiro atoms. The first-order chi connectivity index (χ1) is 7.97. The highest BCUT2D eigenvalue weighted by molar-refractivity contribution is 7.92. The van der Waals surface area contributed by atoms with Crippen LogP contribution >= 0.6 is 0 Å². The molecule has 0 saturated carbocycles. The first-order valence-electron chi connectivity index (χ1n) is 5.37. The average molecular weight is 280 g/mol. The monoisotopic (exact) mass is 280 g/mol. The van der Waals surface area contributed by atoms with Gasteiger partial charge in [0.25, 0.3) is 0 Å². The predicted molar refractivity (Wildman–Crippen MR) is 67.0 cm³/mol. The lowest BCUT2D eigenvalue weighted by Gasteiger charge is -2.24. The third kappa shape index (κ3) is 5.46. The molecule has 7 nitrogen and oxygen atoms in total. The number of hydrogen-bond acceptors (Lipinski definition) is 5. The molecule has 0 aliphatic carbocycles. The van der Waals surface area contributed by atoms with E-state index in [1.165, 1.54) is 6.92 Å². The Kier molecular flexibility index (Phi) is 5.75. The number of rotatable bonds is 7. The summed E-state index contributed by atoms with van der Waals surface area (Å²) in [6.45, 7) is 4.38. The number of carboxylic acids is 1. The number of carbonyl (C=O) groups excluding carboxylic acids is 1. The Balaban J connectivity index is 4.40. The van der Waals surface area contributed by atoms with Crippen LogP contribution in [-0.2, 0) is 19.4 Å². The first-order valence-corrected chi connectivity index (χ1v) is 7.27. The Hall–Kier alpha value is -1.15. The van der Waals surface area contributed by atoms with Crippen molar-refractivity contribution in [3.8, 4) is 0 Å². The van der Waals surface area contributed by atoms with E-state index in [-0.39, 0.29) is 13.1 Å². The van der Waals surface area contributed by atoms with Crippen LogP contribution in [0.1, 0.15) is 20.8 Å². The van der Waals surface area contributed by atoms with Crippen LogP contribution in [0.25, 0.3) is 0 Å². The van der Waals surface area contributed by atoms with Gasteiger partial charge in [0, 0.05) is 26.3 Å². The van der Waals surface area contributed by atoms with Gasteiger partial charge in [0.15, 0.2) is 9.84 Å². The van der Waals surface area contributed by atoms with E-state index < -0.39 is 32.5 Å². The Bertz CT molecular complexity index is 416. The van der Waals surface area contributed by atoms with Gasteiger partial charge in [-0.2, -0.15) is 0 Å². The largest absolute Gasteiger partial charge is 0.480 e. The molecule has 0 heterocycles. The Morgan fingerprint density at radius 1 is 1.33 bits per heavy atom. The third-order valence-electron chi connectivity index (χ3n) is 2.58. The molecule has 0 rings (SSSR count). The molecule has 106 valence electrons. The van der Waals surface area contributed by atoms with Crippen LogP contribution in [0.15, 0.2) is 0 Å². The number of carbonyl (C=O) groups is 2. The van der Waals surface area contributed by atoms with Gasteiger partial charge in [-0.15, -0.1) is 0 Å². The summed E-state index contributed by atoms with van der Waals surface area (Å²) in [5, 5.41) is 13.8. The van der Waals surface area contributed by atoms with Gasteiger partial charge in [0.05, 0.1) is 4.75 Å². The van der Waals surface area contributed by atoms with E-state index in [9.17, 15) is 18.0 Å². The number of carboxylic acid groups (broad SMARTS) is 1. The quantitative estimate of drug-likeness (QED) is 0.551. The molecule has 18 heavy (non-hydrogen) atoms. The number of sulfone groups is 1. The molecule has 8 heteroatoms. The van der Waals surface area contributed by atoms with Crippen molar-refractivity contribution >= 4 is 21.7 Å². The lowest BCUT2D eigenvalue weighted by Crippen LogP contribution is -2.50. The molecule has 0 aromatic heterocycles. The van der Waals surface area contributed by atoms with Crippen molar-refractivity contribution in [3.63, 3.8) is 0 Å². The molecule has 3 N–H and O–H groups in total. The summed E-state index contributed by atoms with van der Waals surface area (Å²) in [5.74, 6) is -1.62. The molecule has 0 saturated heterocycles. The fraction of sp³-hybridized carbons (Fsp3) is 0.800. The summed E-state index contributed by atoms with van der Waals surface area (Å²) < 4.78 is 21.8. The van der Waals surface area contributed by atoms with E-state index in [2.05, 4.69) is 10.6 Å². The SMILES string of the molecule is CC(=O)NC(CNCC(C)(C)S(C)(=O)=O)C(=O)O. The molecule has 1 amide bonds. The number of aliphatic carboxylic acids is 1. The summed E-state index contributed by atoms with van der Waals surface area (Å²) in [6, 6.07) is -1.07. The highest BCUT2D eigenvalue weighted by Gasteiger charge is 2.30. The predicted octanol–water partition coefficient (Wildman–Crippen LogP) is -1.01. The molecule has 0 aromatic rings. The Morgan fingerprint density at radius 2 is 1.83 bits per heavy atom. The van der Waals surface area contributed by atoms with Gasteiger partial charge in [-0.05, 0) is 13.8 Å². The molecular formula is C10H20N2O5S. The van der Waals surface area contributed by atoms with Crippen LogP contribution in [0.4, 0.5) is 0 Å². The van der Waals surface area contributed by atoms with E-state index in [0.29, 0.717) is 0 Å². The minimum atomic E-state index is -3.24. The zero-order valence-corrected chi connectivity index (χ0v) is 11.8. The maximum absolute atomic E-state index is 11.4. The van der Waals surface area contributed by atoms with E-state index in [4.69, 9.17) is 5.11 Å². The molecule has 0 aliphatic rings. The van der Waals surface area contributed by atoms with Crippen LogP contribution < -0.4 is 10.6 Å². The van der Waals surface area contributed by atoms with E-state index >= 15 is 0 Å². The van der Waals surface area contributed by atoms with Crippen LogP contribution in [0.2, 0.25) is 0 Å². The number of hydrogen-bond donors (Lipinski definition) is 3. The van der Waals surface area contributed by atoms with Gasteiger partial charge >= 0.3 is 5.97 Å². The maximum atomic E-state index is 11.4. The summed E-state index contributed by atoms with van der Waals surface area (Å²) in [4.78, 5) is 21.6. The highest BCUT2D eigenvalue weighted by Crippen LogP contribution is 2.13. The maximum Gasteiger partial charge on any atom is 0.327 e. The average Bonchev–Trinajstić information content (AvgIpc) is 2.13. The fourth-order valence-electron chi connectivity index (χ4n) is 1.09. The molecule has 0 bridgehead atoms. The van der Waals surface area contributed by atoms with Crippen LogP contribution in [0, 0.1) is 0 Å². The normalized spacial score (nSPS) is 14.0. The zero-order chi connectivity index (χ0) is 14.6. The lowest BCUT2D eigenvalue weighted by atomic mass is 10.2. The minimum absolute atomic E-state index is 0.0339. The topological polar surface area (TPSA) is 113 Å². The van der Waals surface area contributed by atoms with Crippen molar-refractivity contribution < 1.29 is 23.1 Å². The van der Waals surface area contributed by atoms with Crippen LogP contribution in [-0.4, -0.2) is 55.5 Å². The van der Waals surface area contributed by atoms with E-state index in [1.807, 2.05) is 0 Å². The number of nitrogens with one attached hydrogen (secondary N) is 2.